The van der Waals surface area contributed by atoms with Crippen molar-refractivity contribution in [1.82, 2.24) is 0 Å². The molecule has 0 fully saturated rings. The van der Waals surface area contributed by atoms with Crippen LogP contribution in [-0.4, -0.2) is 0 Å². The number of hydrogen-bond donors (Lipinski definition) is 0. The fourth-order valence-corrected chi connectivity index (χ4v) is 8.83. The summed E-state index contributed by atoms with van der Waals surface area (Å²) >= 11 is 0. The van der Waals surface area contributed by atoms with Crippen molar-refractivity contribution in [3.05, 3.63) is 142 Å². The second-order valence-corrected chi connectivity index (χ2v) is 14.3. The Hall–Kier alpha value is -5.40. The second kappa shape index (κ2) is 10.5. The van der Waals surface area contributed by atoms with E-state index in [0.717, 1.165) is 11.2 Å². The molecular formula is C48H40O. The van der Waals surface area contributed by atoms with Crippen LogP contribution in [0.4, 0.5) is 0 Å². The van der Waals surface area contributed by atoms with Gasteiger partial charge >= 0.3 is 0 Å². The first-order valence-corrected chi connectivity index (χ1v) is 17.5. The third-order valence-electron chi connectivity index (χ3n) is 12.1. The quantitative estimate of drug-likeness (QED) is 0.173. The predicted octanol–water partition coefficient (Wildman–Crippen LogP) is 14.0. The Labute approximate surface area is 287 Å². The van der Waals surface area contributed by atoms with Gasteiger partial charge in [-0.05, 0) is 183 Å². The van der Waals surface area contributed by atoms with Crippen molar-refractivity contribution in [3.8, 4) is 22.3 Å². The van der Waals surface area contributed by atoms with Crippen LogP contribution in [0.15, 0.2) is 101 Å². The summed E-state index contributed by atoms with van der Waals surface area (Å²) in [4.78, 5) is 0. The molecule has 1 heterocycles. The fourth-order valence-electron chi connectivity index (χ4n) is 8.83. The van der Waals surface area contributed by atoms with E-state index in [0.29, 0.717) is 0 Å². The van der Waals surface area contributed by atoms with Gasteiger partial charge in [-0.1, -0.05) is 78.9 Å². The molecule has 0 amide bonds. The van der Waals surface area contributed by atoms with Crippen molar-refractivity contribution in [2.75, 3.05) is 0 Å². The lowest BCUT2D eigenvalue weighted by molar-refractivity contribution is 0.669. The van der Waals surface area contributed by atoms with Crippen LogP contribution in [0, 0.1) is 55.4 Å². The van der Waals surface area contributed by atoms with Gasteiger partial charge in [0.15, 0.2) is 0 Å². The Morgan fingerprint density at radius 1 is 0.327 bits per heavy atom. The standard InChI is InChI=1S/C48H40O/c1-25-27(3)31(7)44-42(29(25)5)47(37-20-13-18-33-15-11-12-19-36(33)37)43-30(6)26(2)28(4)32(8)45(43)48(44)38-21-14-22-40-46(38)39-23-34-16-9-10-17-35(34)24-41(39)49-40/h9-24H,1-8H3. The molecule has 49 heavy (non-hydrogen) atoms. The molecule has 9 rings (SSSR count). The fraction of sp³-hybridized carbons (Fsp3) is 0.167. The van der Waals surface area contributed by atoms with E-state index in [1.165, 1.54) is 121 Å². The molecule has 1 aromatic heterocycles. The molecule has 0 aliphatic carbocycles. The summed E-state index contributed by atoms with van der Waals surface area (Å²) < 4.78 is 6.68. The molecule has 0 radical (unpaired) electrons. The minimum absolute atomic E-state index is 0.929. The number of rotatable bonds is 2. The topological polar surface area (TPSA) is 13.1 Å². The Morgan fingerprint density at radius 2 is 0.776 bits per heavy atom. The molecule has 0 bridgehead atoms. The van der Waals surface area contributed by atoms with Crippen LogP contribution in [-0.2, 0) is 0 Å². The van der Waals surface area contributed by atoms with Crippen LogP contribution in [0.25, 0.3) is 87.3 Å². The highest BCUT2D eigenvalue weighted by Crippen LogP contribution is 2.53. The summed E-state index contributed by atoms with van der Waals surface area (Å²) in [5.41, 5.74) is 18.0. The first-order chi connectivity index (χ1) is 23.7. The predicted molar refractivity (Wildman–Crippen MR) is 213 cm³/mol. The molecule has 0 aliphatic heterocycles. The van der Waals surface area contributed by atoms with Crippen LogP contribution in [0.5, 0.6) is 0 Å². The molecule has 1 heteroatoms. The summed E-state index contributed by atoms with van der Waals surface area (Å²) in [6, 6.07) is 35.5. The van der Waals surface area contributed by atoms with Crippen molar-refractivity contribution < 1.29 is 4.42 Å². The molecule has 0 saturated carbocycles. The summed E-state index contributed by atoms with van der Waals surface area (Å²) in [6.45, 7) is 18.6. The molecule has 0 atom stereocenters. The lowest BCUT2D eigenvalue weighted by Crippen LogP contribution is -2.04. The van der Waals surface area contributed by atoms with Crippen molar-refractivity contribution in [3.63, 3.8) is 0 Å². The molecular weight excluding hydrogens is 593 g/mol. The van der Waals surface area contributed by atoms with E-state index in [4.69, 9.17) is 4.42 Å². The monoisotopic (exact) mass is 632 g/mol. The van der Waals surface area contributed by atoms with Crippen LogP contribution in [0.3, 0.4) is 0 Å². The zero-order valence-electron chi connectivity index (χ0n) is 29.6. The highest BCUT2D eigenvalue weighted by Gasteiger charge is 2.27. The Balaban J connectivity index is 1.61. The zero-order chi connectivity index (χ0) is 33.9. The normalized spacial score (nSPS) is 12.1. The highest BCUT2D eigenvalue weighted by atomic mass is 16.3. The minimum atomic E-state index is 0.929. The maximum absolute atomic E-state index is 6.68. The lowest BCUT2D eigenvalue weighted by atomic mass is 9.76. The average Bonchev–Trinajstić information content (AvgIpc) is 3.49. The summed E-state index contributed by atoms with van der Waals surface area (Å²) in [5.74, 6) is 0. The van der Waals surface area contributed by atoms with E-state index in [1.54, 1.807) is 0 Å². The van der Waals surface area contributed by atoms with E-state index in [9.17, 15) is 0 Å². The number of furan rings is 1. The van der Waals surface area contributed by atoms with Gasteiger partial charge in [0.05, 0.1) is 0 Å². The van der Waals surface area contributed by atoms with Crippen LogP contribution < -0.4 is 0 Å². The minimum Gasteiger partial charge on any atom is -0.456 e. The van der Waals surface area contributed by atoms with E-state index in [2.05, 4.69) is 152 Å². The first kappa shape index (κ1) is 29.7. The van der Waals surface area contributed by atoms with Gasteiger partial charge in [0, 0.05) is 10.8 Å². The molecule has 0 N–H and O–H groups in total. The molecule has 9 aromatic rings. The van der Waals surface area contributed by atoms with Crippen LogP contribution in [0.1, 0.15) is 44.5 Å². The van der Waals surface area contributed by atoms with Crippen LogP contribution >= 0.6 is 0 Å². The molecule has 0 saturated heterocycles. The smallest absolute Gasteiger partial charge is 0.136 e. The summed E-state index contributed by atoms with van der Waals surface area (Å²) in [6.07, 6.45) is 0. The van der Waals surface area contributed by atoms with E-state index >= 15 is 0 Å². The van der Waals surface area contributed by atoms with Gasteiger partial charge in [-0.15, -0.1) is 0 Å². The first-order valence-electron chi connectivity index (χ1n) is 17.5. The SMILES string of the molecule is Cc1c(C)c(C)c2c(-c3cccc4oc5cc6ccccc6cc5c34)c3c(C)c(C)c(C)c(C)c3c(-c3cccc4ccccc34)c2c1C. The molecule has 0 unspecified atom stereocenters. The number of benzene rings is 8. The highest BCUT2D eigenvalue weighted by molar-refractivity contribution is 6.30. The van der Waals surface area contributed by atoms with Crippen molar-refractivity contribution in [2.24, 2.45) is 0 Å². The van der Waals surface area contributed by atoms with Gasteiger partial charge in [-0.3, -0.25) is 0 Å². The summed E-state index contributed by atoms with van der Waals surface area (Å²) in [5, 5.41) is 12.8. The van der Waals surface area contributed by atoms with E-state index in [-0.39, 0.29) is 0 Å². The van der Waals surface area contributed by atoms with E-state index < -0.39 is 0 Å². The van der Waals surface area contributed by atoms with Crippen molar-refractivity contribution >= 4 is 65.0 Å². The summed E-state index contributed by atoms with van der Waals surface area (Å²) in [7, 11) is 0. The van der Waals surface area contributed by atoms with Gasteiger partial charge < -0.3 is 4.42 Å². The van der Waals surface area contributed by atoms with Gasteiger partial charge in [0.2, 0.25) is 0 Å². The largest absolute Gasteiger partial charge is 0.456 e. The van der Waals surface area contributed by atoms with Crippen molar-refractivity contribution in [1.29, 1.82) is 0 Å². The molecule has 238 valence electrons. The zero-order valence-corrected chi connectivity index (χ0v) is 29.6. The van der Waals surface area contributed by atoms with E-state index in [1.807, 2.05) is 0 Å². The third-order valence-corrected chi connectivity index (χ3v) is 12.1. The number of fused-ring (bicyclic) bond motifs is 7. The molecule has 0 spiro atoms. The molecule has 1 nitrogen and oxygen atoms in total. The maximum atomic E-state index is 6.68. The Kier molecular flexibility index (Phi) is 6.40. The van der Waals surface area contributed by atoms with Gasteiger partial charge in [-0.2, -0.15) is 0 Å². The Morgan fingerprint density at radius 3 is 1.37 bits per heavy atom. The van der Waals surface area contributed by atoms with Gasteiger partial charge in [0.1, 0.15) is 11.2 Å². The Bertz CT molecular complexity index is 2810. The average molecular weight is 633 g/mol. The maximum Gasteiger partial charge on any atom is 0.136 e. The molecule has 0 aliphatic rings. The second-order valence-electron chi connectivity index (χ2n) is 14.3. The third kappa shape index (κ3) is 3.99. The molecule has 8 aromatic carbocycles. The number of hydrogen-bond acceptors (Lipinski definition) is 1. The van der Waals surface area contributed by atoms with Gasteiger partial charge in [-0.25, -0.2) is 0 Å². The van der Waals surface area contributed by atoms with Gasteiger partial charge in [0.25, 0.3) is 0 Å². The van der Waals surface area contributed by atoms with Crippen LogP contribution in [0.2, 0.25) is 0 Å². The lowest BCUT2D eigenvalue weighted by Gasteiger charge is -2.27. The van der Waals surface area contributed by atoms with Crippen molar-refractivity contribution in [2.45, 2.75) is 55.4 Å². The number of aryl methyl sites for hydroxylation is 4.